The summed E-state index contributed by atoms with van der Waals surface area (Å²) in [6, 6.07) is 3.91. The first-order valence-corrected chi connectivity index (χ1v) is 12.2. The summed E-state index contributed by atoms with van der Waals surface area (Å²) in [4.78, 5) is 41.0. The Morgan fingerprint density at radius 3 is 2.64 bits per heavy atom. The van der Waals surface area contributed by atoms with E-state index in [9.17, 15) is 9.59 Å². The largest absolute Gasteiger partial charge is 0.352 e. The number of hydrogen-bond acceptors (Lipinski definition) is 8. The Bertz CT molecular complexity index is 1110. The topological polar surface area (TPSA) is 99.5 Å². The number of nitrogens with one attached hydrogen (secondary N) is 1. The number of aromatic nitrogens is 4. The third kappa shape index (κ3) is 4.69. The lowest BCUT2D eigenvalue weighted by atomic mass is 10.0. The number of anilines is 1. The summed E-state index contributed by atoms with van der Waals surface area (Å²) in [5.41, 5.74) is 0.813. The molecule has 1 N–H and O–H groups in total. The number of fused-ring (bicyclic) bond motifs is 1. The van der Waals surface area contributed by atoms with Crippen molar-refractivity contribution < 1.29 is 9.59 Å². The molecule has 5 heterocycles. The number of likely N-dealkylation sites (tertiary alicyclic amines) is 1. The molecule has 0 atom stereocenters. The number of piperazine rings is 1. The second-order valence-corrected chi connectivity index (χ2v) is 9.52. The molecule has 2 amide bonds. The highest BCUT2D eigenvalue weighted by molar-refractivity contribution is 7.12. The van der Waals surface area contributed by atoms with Crippen LogP contribution in [-0.4, -0.2) is 93.2 Å². The highest BCUT2D eigenvalue weighted by Crippen LogP contribution is 2.23. The monoisotopic (exact) mass is 468 g/mol. The molecule has 3 aromatic heterocycles. The van der Waals surface area contributed by atoms with Gasteiger partial charge in [-0.05, 0) is 24.3 Å². The molecular formula is C22H28N8O2S. The van der Waals surface area contributed by atoms with Crippen molar-refractivity contribution in [2.45, 2.75) is 18.9 Å². The van der Waals surface area contributed by atoms with Crippen LogP contribution in [-0.2, 0) is 11.8 Å². The van der Waals surface area contributed by atoms with E-state index < -0.39 is 0 Å². The number of carbonyl (C=O) groups excluding carboxylic acids is 2. The van der Waals surface area contributed by atoms with Crippen LogP contribution in [0.2, 0.25) is 0 Å². The van der Waals surface area contributed by atoms with Crippen LogP contribution in [0, 0.1) is 0 Å². The molecule has 5 rings (SSSR count). The third-order valence-corrected chi connectivity index (χ3v) is 7.34. The predicted molar refractivity (Wildman–Crippen MR) is 126 cm³/mol. The molecule has 0 unspecified atom stereocenters. The van der Waals surface area contributed by atoms with Crippen LogP contribution < -0.4 is 10.2 Å². The molecule has 174 valence electrons. The normalized spacial score (nSPS) is 18.1. The quantitative estimate of drug-likeness (QED) is 0.596. The number of aryl methyl sites for hydroxylation is 1. The van der Waals surface area contributed by atoms with Crippen molar-refractivity contribution in [1.82, 2.24) is 34.9 Å². The molecule has 2 saturated heterocycles. The van der Waals surface area contributed by atoms with E-state index >= 15 is 0 Å². The summed E-state index contributed by atoms with van der Waals surface area (Å²) in [6.45, 7) is 4.91. The standard InChI is InChI=1S/C22H28N8O2S/c1-27-20-17(13-25-27)21(24-15-23-20)30-10-8-29(9-11-30)19(31)14-28-6-4-16(5-7-28)26-22(32)18-3-2-12-33-18/h2-3,12-13,15-16H,4-11,14H2,1H3,(H,26,32). The number of rotatable bonds is 5. The average Bonchev–Trinajstić information content (AvgIpc) is 3.51. The molecule has 0 radical (unpaired) electrons. The van der Waals surface area contributed by atoms with Crippen molar-refractivity contribution in [3.05, 3.63) is 34.9 Å². The summed E-state index contributed by atoms with van der Waals surface area (Å²) < 4.78 is 1.75. The first-order valence-electron chi connectivity index (χ1n) is 11.3. The third-order valence-electron chi connectivity index (χ3n) is 6.47. The van der Waals surface area contributed by atoms with Gasteiger partial charge in [0.15, 0.2) is 5.65 Å². The molecule has 0 aliphatic carbocycles. The second-order valence-electron chi connectivity index (χ2n) is 8.57. The van der Waals surface area contributed by atoms with E-state index in [0.29, 0.717) is 19.6 Å². The van der Waals surface area contributed by atoms with Crippen LogP contribution in [0.3, 0.4) is 0 Å². The van der Waals surface area contributed by atoms with E-state index in [2.05, 4.69) is 30.2 Å². The molecule has 3 aromatic rings. The fourth-order valence-corrected chi connectivity index (χ4v) is 5.19. The highest BCUT2D eigenvalue weighted by Gasteiger charge is 2.27. The molecule has 2 aliphatic rings. The van der Waals surface area contributed by atoms with Gasteiger partial charge >= 0.3 is 0 Å². The maximum atomic E-state index is 12.9. The van der Waals surface area contributed by atoms with E-state index in [-0.39, 0.29) is 17.9 Å². The van der Waals surface area contributed by atoms with Crippen molar-refractivity contribution in [2.75, 3.05) is 50.7 Å². The molecule has 0 bridgehead atoms. The maximum Gasteiger partial charge on any atom is 0.261 e. The molecule has 10 nitrogen and oxygen atoms in total. The van der Waals surface area contributed by atoms with Gasteiger partial charge in [-0.2, -0.15) is 5.10 Å². The van der Waals surface area contributed by atoms with Crippen LogP contribution in [0.5, 0.6) is 0 Å². The average molecular weight is 469 g/mol. The van der Waals surface area contributed by atoms with E-state index in [1.807, 2.05) is 29.5 Å². The SMILES string of the molecule is Cn1ncc2c(N3CCN(C(=O)CN4CCC(NC(=O)c5cccs5)CC4)CC3)ncnc21. The van der Waals surface area contributed by atoms with Gasteiger partial charge in [0.05, 0.1) is 23.0 Å². The van der Waals surface area contributed by atoms with Crippen molar-refractivity contribution in [3.8, 4) is 0 Å². The van der Waals surface area contributed by atoms with Crippen molar-refractivity contribution in [2.24, 2.45) is 7.05 Å². The number of nitrogens with zero attached hydrogens (tertiary/aromatic N) is 7. The fraction of sp³-hybridized carbons (Fsp3) is 0.500. The molecule has 2 fully saturated rings. The Morgan fingerprint density at radius 1 is 1.12 bits per heavy atom. The number of hydrogen-bond donors (Lipinski definition) is 1. The molecule has 0 saturated carbocycles. The van der Waals surface area contributed by atoms with E-state index in [1.165, 1.54) is 11.3 Å². The fourth-order valence-electron chi connectivity index (χ4n) is 4.56. The van der Waals surface area contributed by atoms with E-state index in [0.717, 1.165) is 60.7 Å². The van der Waals surface area contributed by atoms with E-state index in [1.54, 1.807) is 17.2 Å². The Hall–Kier alpha value is -3.05. The summed E-state index contributed by atoms with van der Waals surface area (Å²) in [5, 5.41) is 10.3. The van der Waals surface area contributed by atoms with Crippen molar-refractivity contribution in [3.63, 3.8) is 0 Å². The minimum Gasteiger partial charge on any atom is -0.352 e. The van der Waals surface area contributed by atoms with Gasteiger partial charge in [0.25, 0.3) is 5.91 Å². The number of carbonyl (C=O) groups is 2. The molecular weight excluding hydrogens is 440 g/mol. The second kappa shape index (κ2) is 9.44. The van der Waals surface area contributed by atoms with Crippen LogP contribution in [0.4, 0.5) is 5.82 Å². The summed E-state index contributed by atoms with van der Waals surface area (Å²) in [6.07, 6.45) is 5.11. The van der Waals surface area contributed by atoms with Gasteiger partial charge in [0.2, 0.25) is 5.91 Å². The first kappa shape index (κ1) is 21.8. The van der Waals surface area contributed by atoms with Gasteiger partial charge in [0.1, 0.15) is 12.1 Å². The van der Waals surface area contributed by atoms with Gasteiger partial charge in [-0.3, -0.25) is 19.2 Å². The lowest BCUT2D eigenvalue weighted by molar-refractivity contribution is -0.133. The Kier molecular flexibility index (Phi) is 6.23. The van der Waals surface area contributed by atoms with E-state index in [4.69, 9.17) is 0 Å². The predicted octanol–water partition coefficient (Wildman–Crippen LogP) is 0.968. The van der Waals surface area contributed by atoms with Gasteiger partial charge in [-0.15, -0.1) is 11.3 Å². The molecule has 0 spiro atoms. The molecule has 0 aromatic carbocycles. The van der Waals surface area contributed by atoms with Crippen molar-refractivity contribution >= 4 is 40.0 Å². The van der Waals surface area contributed by atoms with Gasteiger partial charge in [-0.25, -0.2) is 9.97 Å². The Morgan fingerprint density at radius 2 is 1.91 bits per heavy atom. The summed E-state index contributed by atoms with van der Waals surface area (Å²) >= 11 is 1.46. The minimum absolute atomic E-state index is 0.00430. The van der Waals surface area contributed by atoms with Crippen LogP contribution in [0.15, 0.2) is 30.0 Å². The maximum absolute atomic E-state index is 12.9. The Balaban J connectivity index is 1.08. The van der Waals surface area contributed by atoms with Gasteiger partial charge in [0, 0.05) is 52.4 Å². The van der Waals surface area contributed by atoms with Gasteiger partial charge < -0.3 is 15.1 Å². The number of amides is 2. The highest BCUT2D eigenvalue weighted by atomic mass is 32.1. The minimum atomic E-state index is 0.00430. The van der Waals surface area contributed by atoms with Crippen molar-refractivity contribution in [1.29, 1.82) is 0 Å². The van der Waals surface area contributed by atoms with Crippen LogP contribution in [0.1, 0.15) is 22.5 Å². The summed E-state index contributed by atoms with van der Waals surface area (Å²) in [5.74, 6) is 1.06. The summed E-state index contributed by atoms with van der Waals surface area (Å²) in [7, 11) is 1.87. The zero-order chi connectivity index (χ0) is 22.8. The number of thiophene rings is 1. The van der Waals surface area contributed by atoms with Gasteiger partial charge in [-0.1, -0.05) is 6.07 Å². The molecule has 11 heteroatoms. The molecule has 33 heavy (non-hydrogen) atoms. The zero-order valence-corrected chi connectivity index (χ0v) is 19.5. The Labute approximate surface area is 196 Å². The zero-order valence-electron chi connectivity index (χ0n) is 18.7. The smallest absolute Gasteiger partial charge is 0.261 e. The first-order chi connectivity index (χ1) is 16.1. The number of piperidine rings is 1. The molecule has 2 aliphatic heterocycles. The van der Waals surface area contributed by atoms with Crippen LogP contribution in [0.25, 0.3) is 11.0 Å². The van der Waals surface area contributed by atoms with Crippen LogP contribution >= 0.6 is 11.3 Å². The lowest BCUT2D eigenvalue weighted by Gasteiger charge is -2.37. The lowest BCUT2D eigenvalue weighted by Crippen LogP contribution is -2.53.